The summed E-state index contributed by atoms with van der Waals surface area (Å²) in [6, 6.07) is 66.2. The van der Waals surface area contributed by atoms with Crippen LogP contribution in [0.4, 0.5) is 34.1 Å². The Kier molecular flexibility index (Phi) is 28.9. The number of aromatic nitrogens is 6. The van der Waals surface area contributed by atoms with Crippen LogP contribution in [0.2, 0.25) is 0 Å². The number of ketones is 1. The van der Waals surface area contributed by atoms with E-state index in [1.54, 1.807) is 101 Å². The summed E-state index contributed by atoms with van der Waals surface area (Å²) in [7, 11) is 0. The molecule has 2 amide bonds. The van der Waals surface area contributed by atoms with Crippen LogP contribution in [-0.4, -0.2) is 153 Å². The van der Waals surface area contributed by atoms with Gasteiger partial charge in [0, 0.05) is 211 Å². The lowest BCUT2D eigenvalue weighted by Crippen LogP contribution is -2.36. The summed E-state index contributed by atoms with van der Waals surface area (Å²) in [6.45, 7) is 21.8. The second-order valence-corrected chi connectivity index (χ2v) is 36.1. The Labute approximate surface area is 739 Å². The van der Waals surface area contributed by atoms with Gasteiger partial charge in [-0.3, -0.25) is 38.7 Å². The molecule has 632 valence electrons. The quantitative estimate of drug-likeness (QED) is 0.0253. The molecule has 6 aromatic heterocycles. The Morgan fingerprint density at radius 2 is 0.789 bits per heavy atom. The van der Waals surface area contributed by atoms with Crippen LogP contribution in [0, 0.1) is 20.8 Å². The number of H-pyrrole nitrogens is 3. The van der Waals surface area contributed by atoms with Gasteiger partial charge in [-0.2, -0.15) is 0 Å². The van der Waals surface area contributed by atoms with Crippen molar-refractivity contribution in [3.05, 3.63) is 265 Å². The first-order chi connectivity index (χ1) is 59.8. The molecule has 3 saturated heterocycles. The molecule has 6 aliphatic heterocycles. The van der Waals surface area contributed by atoms with E-state index in [4.69, 9.17) is 24.9 Å². The summed E-state index contributed by atoms with van der Waals surface area (Å²) in [5.41, 5.74) is 21.9. The summed E-state index contributed by atoms with van der Waals surface area (Å²) in [4.78, 5) is 115. The third kappa shape index (κ3) is 22.5. The van der Waals surface area contributed by atoms with Crippen LogP contribution in [-0.2, 0) is 23.8 Å². The van der Waals surface area contributed by atoms with Crippen molar-refractivity contribution in [2.24, 2.45) is 0 Å². The van der Waals surface area contributed by atoms with E-state index in [2.05, 4.69) is 188 Å². The highest BCUT2D eigenvalue weighted by molar-refractivity contribution is 8.06. The highest BCUT2D eigenvalue weighted by atomic mass is 32.2. The largest absolute Gasteiger partial charge is 0.399 e. The normalized spacial score (nSPS) is 14.7. The maximum Gasteiger partial charge on any atom is 0.250 e. The molecule has 6 aliphatic rings. The van der Waals surface area contributed by atoms with E-state index in [9.17, 15) is 28.8 Å². The van der Waals surface area contributed by atoms with Gasteiger partial charge in [0.2, 0.25) is 28.5 Å². The molecular formula is C93H95N15O9S6. The van der Waals surface area contributed by atoms with E-state index in [0.29, 0.717) is 51.9 Å². The molecule has 2 unspecified atom stereocenters. The fourth-order valence-electron chi connectivity index (χ4n) is 14.6. The molecule has 0 saturated carbocycles. The first-order valence-corrected chi connectivity index (χ1v) is 45.6. The predicted octanol–water partition coefficient (Wildman–Crippen LogP) is 16.2. The van der Waals surface area contributed by atoms with Gasteiger partial charge in [-0.15, -0.1) is 0 Å². The standard InChI is InChI=1S/C31H31N5O3S2.C31H33N5O2S2.C21H19N3O2S2.C10H12N2O2/c1-19-5-3-7-24(33-19)26(18-32-20(2)37)34-21-9-10-27-29(15-21)40-28-8-4-6-23(31(28)41-27)25-16-22(17-30(38)35-25)36-11-13-39-14-12-36;1-3-32-19-26(24-8-4-6-20(2)33-24)34-21-10-11-27-29(16-21)39-28-9-5-7-23(31(28)40-27)25-17-22(18-30(37)35-25)36-12-14-38-15-13-36;22-13-4-5-17-19(10-13)27-18-3-1-2-15(21(18)28-17)16-11-14(12-20(25)23-16)24-6-8-26-9-7-24;1-7-4-3-5-9(12-7)10(14)6-11-8(2)13/h3-10,15-17,26,34H,11-14,18H2,1-2H3,(H,32,37)(H,35,38);4-11,16-18,26,32,34H,3,12-15,19H2,1-2H3,(H,35,37);1-5,10-12H,6-9,22H2,(H,23,25);3-5H,6H2,1-2H3,(H,11,13). The summed E-state index contributed by atoms with van der Waals surface area (Å²) in [6.07, 6.45) is 0. The van der Waals surface area contributed by atoms with Crippen molar-refractivity contribution in [3.63, 3.8) is 0 Å². The Balaban J connectivity index is 0.000000134. The molecule has 0 spiro atoms. The number of nitrogens with zero attached hydrogens (tertiary/aromatic N) is 6. The molecule has 12 aromatic rings. The number of amides is 2. The summed E-state index contributed by atoms with van der Waals surface area (Å²) in [5, 5.41) is 16.1. The number of aryl methyl sites for hydroxylation is 3. The maximum atomic E-state index is 12.7. The number of anilines is 6. The summed E-state index contributed by atoms with van der Waals surface area (Å²) in [5.74, 6) is -0.471. The number of benzene rings is 6. The second-order valence-electron chi connectivity index (χ2n) is 29.7. The third-order valence-corrected chi connectivity index (χ3v) is 28.4. The van der Waals surface area contributed by atoms with Crippen LogP contribution in [0.15, 0.2) is 273 Å². The third-order valence-electron chi connectivity index (χ3n) is 20.6. The van der Waals surface area contributed by atoms with Gasteiger partial charge in [0.25, 0.3) is 0 Å². The topological polar surface area (TPSA) is 312 Å². The van der Waals surface area contributed by atoms with Crippen molar-refractivity contribution in [1.29, 1.82) is 0 Å². The number of morpholine rings is 3. The van der Waals surface area contributed by atoms with Crippen LogP contribution in [0.1, 0.15) is 71.8 Å². The van der Waals surface area contributed by atoms with Gasteiger partial charge in [0.15, 0.2) is 5.78 Å². The van der Waals surface area contributed by atoms with Crippen molar-refractivity contribution >= 4 is 122 Å². The monoisotopic (exact) mass is 1760 g/mol. The molecule has 12 heterocycles. The molecule has 2 atom stereocenters. The van der Waals surface area contributed by atoms with Crippen LogP contribution in [0.25, 0.3) is 33.8 Å². The number of hydrogen-bond donors (Lipinski definition) is 9. The van der Waals surface area contributed by atoms with Gasteiger partial charge in [0.1, 0.15) is 5.69 Å². The zero-order valence-corrected chi connectivity index (χ0v) is 73.8. The van der Waals surface area contributed by atoms with E-state index in [1.165, 1.54) is 53.0 Å². The maximum absolute atomic E-state index is 12.7. The van der Waals surface area contributed by atoms with Crippen molar-refractivity contribution in [3.8, 4) is 33.8 Å². The van der Waals surface area contributed by atoms with E-state index in [1.807, 2.05) is 75.4 Å². The number of Topliss-reactive ketones (excluding diaryl/α,β-unsaturated/α-hetero) is 1. The first kappa shape index (κ1) is 86.9. The Morgan fingerprint density at radius 3 is 1.18 bits per heavy atom. The zero-order chi connectivity index (χ0) is 85.5. The number of nitrogen functional groups attached to an aromatic ring is 1. The van der Waals surface area contributed by atoms with E-state index in [0.717, 1.165) is 168 Å². The lowest BCUT2D eigenvalue weighted by molar-refractivity contribution is -0.119. The molecule has 0 aliphatic carbocycles. The number of pyridine rings is 6. The minimum atomic E-state index is -0.217. The van der Waals surface area contributed by atoms with Gasteiger partial charge in [-0.05, 0) is 155 Å². The highest BCUT2D eigenvalue weighted by Gasteiger charge is 2.28. The predicted molar refractivity (Wildman–Crippen MR) is 495 cm³/mol. The zero-order valence-electron chi connectivity index (χ0n) is 68.9. The van der Waals surface area contributed by atoms with Crippen molar-refractivity contribution in [2.75, 3.05) is 136 Å². The van der Waals surface area contributed by atoms with Crippen LogP contribution < -0.4 is 63.7 Å². The number of nitrogens with one attached hydrogen (secondary N) is 8. The number of likely N-dealkylation sites (N-methyl/N-ethyl adjacent to an activating group) is 1. The number of carbonyl (C=O) groups is 3. The number of hydrogen-bond acceptors (Lipinski definition) is 25. The molecule has 123 heavy (non-hydrogen) atoms. The Bertz CT molecular complexity index is 6050. The fraction of sp³-hybridized carbons (Fsp3) is 0.258. The van der Waals surface area contributed by atoms with Gasteiger partial charge >= 0.3 is 0 Å². The average molecular weight is 1760 g/mol. The Morgan fingerprint density at radius 1 is 0.415 bits per heavy atom. The second kappa shape index (κ2) is 41.0. The molecule has 0 bridgehead atoms. The lowest BCUT2D eigenvalue weighted by Gasteiger charge is -2.29. The number of nitrogens with two attached hydrogens (primary N) is 1. The van der Waals surface area contributed by atoms with Gasteiger partial charge in [-0.25, -0.2) is 4.98 Å². The van der Waals surface area contributed by atoms with Gasteiger partial charge in [-0.1, -0.05) is 132 Å². The first-order valence-electron chi connectivity index (χ1n) is 40.7. The van der Waals surface area contributed by atoms with Crippen LogP contribution >= 0.6 is 70.6 Å². The molecule has 24 nitrogen and oxygen atoms in total. The minimum Gasteiger partial charge on any atom is -0.399 e. The van der Waals surface area contributed by atoms with E-state index >= 15 is 0 Å². The van der Waals surface area contributed by atoms with Gasteiger partial charge < -0.3 is 76.2 Å². The molecule has 10 N–H and O–H groups in total. The van der Waals surface area contributed by atoms with Crippen molar-refractivity contribution < 1.29 is 28.6 Å². The minimum absolute atomic E-state index is 0.00574. The number of fused-ring (bicyclic) bond motifs is 6. The Hall–Kier alpha value is -11.0. The number of ether oxygens (including phenoxy) is 3. The summed E-state index contributed by atoms with van der Waals surface area (Å²) < 4.78 is 16.4. The fourth-order valence-corrected chi connectivity index (χ4v) is 21.8. The molecular weight excluding hydrogens is 1660 g/mol. The number of carbonyl (C=O) groups excluding carboxylic acids is 3. The van der Waals surface area contributed by atoms with Crippen molar-refractivity contribution in [2.45, 2.75) is 112 Å². The number of aromatic amines is 3. The van der Waals surface area contributed by atoms with E-state index < -0.39 is 0 Å². The average Bonchev–Trinajstić information content (AvgIpc) is 0.769. The molecule has 0 radical (unpaired) electrons. The molecule has 30 heteroatoms. The smallest absolute Gasteiger partial charge is 0.250 e. The highest BCUT2D eigenvalue weighted by Crippen LogP contribution is 2.55. The van der Waals surface area contributed by atoms with Gasteiger partial charge in [0.05, 0.1) is 86.7 Å². The van der Waals surface area contributed by atoms with Crippen LogP contribution in [0.3, 0.4) is 0 Å². The lowest BCUT2D eigenvalue weighted by atomic mass is 10.1. The van der Waals surface area contributed by atoms with Crippen molar-refractivity contribution in [1.82, 2.24) is 45.9 Å². The molecule has 3 fully saturated rings. The SMILES string of the molecule is CC(=O)NCC(=O)c1cccc(C)n1.CC(=O)NCC(Nc1ccc2c(c1)Sc1cccc(-c3cc(N4CCOCC4)cc(=O)[nH]3)c1S2)c1cccc(C)n1.CCNCC(Nc1ccc2c(c1)Sc1cccc(-c3cc(N4CCOCC4)cc(=O)[nH]3)c1S2)c1cccc(C)n1.Nc1ccc2c(c1)Sc1cccc(-c3cc(N4CCOCC4)cc(=O)[nH]3)c1S2. The van der Waals surface area contributed by atoms with E-state index in [-0.39, 0.29) is 52.9 Å². The molecule has 18 rings (SSSR count). The van der Waals surface area contributed by atoms with Crippen LogP contribution in [0.5, 0.6) is 0 Å². The summed E-state index contributed by atoms with van der Waals surface area (Å²) >= 11 is 10.4. The molecule has 6 aromatic carbocycles. The number of rotatable bonds is 20.